The molecule has 0 radical (unpaired) electrons. The molecular weight excluding hydrogens is 428 g/mol. The maximum absolute atomic E-state index is 6.10. The van der Waals surface area contributed by atoms with Crippen LogP contribution in [0.2, 0.25) is 0 Å². The van der Waals surface area contributed by atoms with E-state index >= 15 is 0 Å². The van der Waals surface area contributed by atoms with Crippen LogP contribution in [0.3, 0.4) is 0 Å². The monoisotopic (exact) mass is 462 g/mol. The number of rotatable bonds is 6. The molecule has 180 valence electrons. The summed E-state index contributed by atoms with van der Waals surface area (Å²) < 4.78 is 17.3. The van der Waals surface area contributed by atoms with Crippen LogP contribution >= 0.6 is 0 Å². The van der Waals surface area contributed by atoms with Crippen molar-refractivity contribution < 1.29 is 14.2 Å². The Kier molecular flexibility index (Phi) is 6.85. The Morgan fingerprint density at radius 3 is 2.59 bits per heavy atom. The first kappa shape index (κ1) is 22.9. The Bertz CT molecular complexity index is 1090. The number of nitrogens with one attached hydrogen (secondary N) is 1. The van der Waals surface area contributed by atoms with Gasteiger partial charge in [-0.3, -0.25) is 14.9 Å². The standard InChI is InChI=1S/C27H34N4O3/c1-19-14-31(15-20(2)34-19)16-21-4-9-26-23(12-21)17-30(10-11-33-26)18-24-13-28-29-27(24)22-5-7-25(32-3)8-6-22/h4-9,12-13,19-20H,10-11,14-18H2,1-3H3,(H,28,29)/t19-,20+. The summed E-state index contributed by atoms with van der Waals surface area (Å²) in [7, 11) is 1.68. The zero-order valence-corrected chi connectivity index (χ0v) is 20.3. The maximum Gasteiger partial charge on any atom is 0.123 e. The molecule has 34 heavy (non-hydrogen) atoms. The normalized spacial score (nSPS) is 21.5. The van der Waals surface area contributed by atoms with Crippen LogP contribution in [0.5, 0.6) is 11.5 Å². The third kappa shape index (κ3) is 5.27. The zero-order valence-electron chi connectivity index (χ0n) is 20.3. The highest BCUT2D eigenvalue weighted by atomic mass is 16.5. The minimum Gasteiger partial charge on any atom is -0.497 e. The maximum atomic E-state index is 6.10. The minimum atomic E-state index is 0.276. The molecular formula is C27H34N4O3. The molecule has 7 nitrogen and oxygen atoms in total. The molecule has 2 aliphatic heterocycles. The SMILES string of the molecule is COc1ccc(-c2[nH]ncc2CN2CCOc3ccc(CN4C[C@@H](C)O[C@@H](C)C4)cc3C2)cc1. The first-order valence-electron chi connectivity index (χ1n) is 12.1. The molecule has 0 unspecified atom stereocenters. The van der Waals surface area contributed by atoms with Gasteiger partial charge in [-0.2, -0.15) is 5.10 Å². The van der Waals surface area contributed by atoms with E-state index in [2.05, 4.69) is 64.2 Å². The summed E-state index contributed by atoms with van der Waals surface area (Å²) in [5, 5.41) is 7.52. The predicted molar refractivity (Wildman–Crippen MR) is 132 cm³/mol. The number of methoxy groups -OCH3 is 1. The highest BCUT2D eigenvalue weighted by molar-refractivity contribution is 5.63. The number of aromatic amines is 1. The van der Waals surface area contributed by atoms with Crippen molar-refractivity contribution in [2.45, 2.75) is 45.7 Å². The molecule has 0 bridgehead atoms. The summed E-state index contributed by atoms with van der Waals surface area (Å²) in [4.78, 5) is 4.93. The van der Waals surface area contributed by atoms with Crippen molar-refractivity contribution in [1.82, 2.24) is 20.0 Å². The minimum absolute atomic E-state index is 0.276. The highest BCUT2D eigenvalue weighted by Crippen LogP contribution is 2.29. The molecule has 0 amide bonds. The van der Waals surface area contributed by atoms with E-state index in [9.17, 15) is 0 Å². The summed E-state index contributed by atoms with van der Waals surface area (Å²) in [6.45, 7) is 10.4. The lowest BCUT2D eigenvalue weighted by Gasteiger charge is -2.35. The van der Waals surface area contributed by atoms with Gasteiger partial charge in [0.25, 0.3) is 0 Å². The largest absolute Gasteiger partial charge is 0.497 e. The predicted octanol–water partition coefficient (Wildman–Crippen LogP) is 4.09. The van der Waals surface area contributed by atoms with E-state index in [1.54, 1.807) is 7.11 Å². The average molecular weight is 463 g/mol. The van der Waals surface area contributed by atoms with Crippen LogP contribution in [-0.4, -0.2) is 65.6 Å². The van der Waals surface area contributed by atoms with Gasteiger partial charge in [-0.05, 0) is 55.8 Å². The molecule has 0 aliphatic carbocycles. The van der Waals surface area contributed by atoms with E-state index in [1.807, 2.05) is 18.3 Å². The fourth-order valence-electron chi connectivity index (χ4n) is 5.09. The van der Waals surface area contributed by atoms with Crippen LogP contribution in [0.15, 0.2) is 48.7 Å². The van der Waals surface area contributed by atoms with E-state index in [-0.39, 0.29) is 12.2 Å². The molecule has 2 atom stereocenters. The zero-order chi connectivity index (χ0) is 23.5. The smallest absolute Gasteiger partial charge is 0.123 e. The van der Waals surface area contributed by atoms with E-state index in [0.717, 1.165) is 62.0 Å². The molecule has 1 saturated heterocycles. The quantitative estimate of drug-likeness (QED) is 0.595. The summed E-state index contributed by atoms with van der Waals surface area (Å²) >= 11 is 0. The second-order valence-electron chi connectivity index (χ2n) is 9.45. The van der Waals surface area contributed by atoms with Crippen molar-refractivity contribution in [3.63, 3.8) is 0 Å². The number of benzene rings is 2. The number of hydrogen-bond donors (Lipinski definition) is 1. The van der Waals surface area contributed by atoms with E-state index in [0.29, 0.717) is 6.61 Å². The summed E-state index contributed by atoms with van der Waals surface area (Å²) in [5.74, 6) is 1.85. The highest BCUT2D eigenvalue weighted by Gasteiger charge is 2.23. The first-order chi connectivity index (χ1) is 16.6. The van der Waals surface area contributed by atoms with Gasteiger partial charge < -0.3 is 14.2 Å². The second kappa shape index (κ2) is 10.2. The average Bonchev–Trinajstić information content (AvgIpc) is 3.18. The molecule has 2 aromatic carbocycles. The third-order valence-electron chi connectivity index (χ3n) is 6.58. The lowest BCUT2D eigenvalue weighted by atomic mass is 10.1. The van der Waals surface area contributed by atoms with Crippen LogP contribution in [0.4, 0.5) is 0 Å². The van der Waals surface area contributed by atoms with Gasteiger partial charge in [-0.15, -0.1) is 0 Å². The first-order valence-corrected chi connectivity index (χ1v) is 12.1. The van der Waals surface area contributed by atoms with Crippen LogP contribution in [0, 0.1) is 0 Å². The van der Waals surface area contributed by atoms with Crippen molar-refractivity contribution >= 4 is 0 Å². The molecule has 3 heterocycles. The Morgan fingerprint density at radius 2 is 1.82 bits per heavy atom. The molecule has 5 rings (SSSR count). The van der Waals surface area contributed by atoms with E-state index in [4.69, 9.17) is 14.2 Å². The Morgan fingerprint density at radius 1 is 1.03 bits per heavy atom. The fourth-order valence-corrected chi connectivity index (χ4v) is 5.09. The number of H-pyrrole nitrogens is 1. The Balaban J connectivity index is 1.29. The van der Waals surface area contributed by atoms with Crippen LogP contribution < -0.4 is 9.47 Å². The number of fused-ring (bicyclic) bond motifs is 1. The van der Waals surface area contributed by atoms with Gasteiger partial charge in [0.05, 0.1) is 31.2 Å². The van der Waals surface area contributed by atoms with Gasteiger partial charge in [0.1, 0.15) is 18.1 Å². The number of ether oxygens (including phenoxy) is 3. The van der Waals surface area contributed by atoms with Crippen molar-refractivity contribution in [2.75, 3.05) is 33.4 Å². The number of morpholine rings is 1. The Hall–Kier alpha value is -2.87. The topological polar surface area (TPSA) is 62.8 Å². The second-order valence-corrected chi connectivity index (χ2v) is 9.45. The van der Waals surface area contributed by atoms with Gasteiger partial charge in [0.15, 0.2) is 0 Å². The number of aromatic nitrogens is 2. The summed E-state index contributed by atoms with van der Waals surface area (Å²) in [5.41, 5.74) is 5.92. The lowest BCUT2D eigenvalue weighted by molar-refractivity contribution is -0.0704. The lowest BCUT2D eigenvalue weighted by Crippen LogP contribution is -2.44. The third-order valence-corrected chi connectivity index (χ3v) is 6.58. The van der Waals surface area contributed by atoms with Gasteiger partial charge in [-0.1, -0.05) is 6.07 Å². The fraction of sp³-hybridized carbons (Fsp3) is 0.444. The van der Waals surface area contributed by atoms with Crippen molar-refractivity contribution in [1.29, 1.82) is 0 Å². The van der Waals surface area contributed by atoms with E-state index < -0.39 is 0 Å². The number of hydrogen-bond acceptors (Lipinski definition) is 6. The van der Waals surface area contributed by atoms with E-state index in [1.165, 1.54) is 16.7 Å². The molecule has 1 N–H and O–H groups in total. The summed E-state index contributed by atoms with van der Waals surface area (Å²) in [6, 6.07) is 14.8. The van der Waals surface area contributed by atoms with Gasteiger partial charge in [0, 0.05) is 56.0 Å². The van der Waals surface area contributed by atoms with Crippen LogP contribution in [-0.2, 0) is 24.4 Å². The van der Waals surface area contributed by atoms with Crippen molar-refractivity contribution in [3.8, 4) is 22.8 Å². The molecule has 7 heteroatoms. The molecule has 3 aromatic rings. The van der Waals surface area contributed by atoms with Crippen LogP contribution in [0.25, 0.3) is 11.3 Å². The molecule has 1 fully saturated rings. The van der Waals surface area contributed by atoms with Gasteiger partial charge in [0.2, 0.25) is 0 Å². The van der Waals surface area contributed by atoms with Gasteiger partial charge in [-0.25, -0.2) is 0 Å². The molecule has 0 spiro atoms. The van der Waals surface area contributed by atoms with Crippen molar-refractivity contribution in [3.05, 3.63) is 65.4 Å². The van der Waals surface area contributed by atoms with Crippen LogP contribution in [0.1, 0.15) is 30.5 Å². The number of nitrogens with zero attached hydrogens (tertiary/aromatic N) is 3. The molecule has 0 saturated carbocycles. The Labute approximate surface area is 201 Å². The van der Waals surface area contributed by atoms with Gasteiger partial charge >= 0.3 is 0 Å². The van der Waals surface area contributed by atoms with Crippen molar-refractivity contribution in [2.24, 2.45) is 0 Å². The molecule has 2 aliphatic rings. The summed E-state index contributed by atoms with van der Waals surface area (Å²) in [6.07, 6.45) is 2.49. The molecule has 1 aromatic heterocycles.